The zero-order valence-electron chi connectivity index (χ0n) is 18.4. The third kappa shape index (κ3) is 6.98. The smallest absolute Gasteiger partial charge is 0.261 e. The van der Waals surface area contributed by atoms with Crippen LogP contribution in [0.25, 0.3) is 0 Å². The van der Waals surface area contributed by atoms with Crippen LogP contribution in [0.5, 0.6) is 5.75 Å². The second kappa shape index (κ2) is 12.3. The predicted octanol–water partition coefficient (Wildman–Crippen LogP) is 4.23. The molecule has 0 bridgehead atoms. The third-order valence-electron chi connectivity index (χ3n) is 5.12. The maximum atomic E-state index is 13.4. The van der Waals surface area contributed by atoms with E-state index in [1.165, 1.54) is 0 Å². The maximum Gasteiger partial charge on any atom is 0.261 e. The van der Waals surface area contributed by atoms with E-state index in [0.29, 0.717) is 25.3 Å². The van der Waals surface area contributed by atoms with Gasteiger partial charge >= 0.3 is 0 Å². The van der Waals surface area contributed by atoms with Crippen LogP contribution in [0.15, 0.2) is 91.0 Å². The van der Waals surface area contributed by atoms with Crippen molar-refractivity contribution >= 4 is 11.8 Å². The number of nitrogens with zero attached hydrogens (tertiary/aromatic N) is 1. The summed E-state index contributed by atoms with van der Waals surface area (Å²) in [4.78, 5) is 28.2. The van der Waals surface area contributed by atoms with Gasteiger partial charge in [-0.2, -0.15) is 0 Å². The van der Waals surface area contributed by atoms with E-state index in [0.717, 1.165) is 17.5 Å². The first-order valence-corrected chi connectivity index (χ1v) is 11.0. The minimum atomic E-state index is -0.643. The first-order chi connectivity index (χ1) is 15.7. The SMILES string of the molecule is CCCNC(=O)C(Cc1ccccc1)N(Cc1ccccc1)C(=O)COc1ccccc1. The lowest BCUT2D eigenvalue weighted by Gasteiger charge is -2.31. The van der Waals surface area contributed by atoms with Gasteiger partial charge < -0.3 is 15.0 Å². The van der Waals surface area contributed by atoms with Gasteiger partial charge in [0.2, 0.25) is 5.91 Å². The van der Waals surface area contributed by atoms with Gasteiger partial charge in [-0.25, -0.2) is 0 Å². The third-order valence-corrected chi connectivity index (χ3v) is 5.12. The van der Waals surface area contributed by atoms with Crippen molar-refractivity contribution in [3.8, 4) is 5.75 Å². The molecule has 0 aliphatic carbocycles. The van der Waals surface area contributed by atoms with E-state index in [1.807, 2.05) is 97.9 Å². The van der Waals surface area contributed by atoms with Gasteiger partial charge in [0.25, 0.3) is 5.91 Å². The highest BCUT2D eigenvalue weighted by Gasteiger charge is 2.30. The van der Waals surface area contributed by atoms with Gasteiger partial charge in [-0.05, 0) is 29.7 Å². The van der Waals surface area contributed by atoms with Gasteiger partial charge in [0, 0.05) is 19.5 Å². The molecule has 1 unspecified atom stereocenters. The Morgan fingerprint density at radius 3 is 2.00 bits per heavy atom. The van der Waals surface area contributed by atoms with Crippen molar-refractivity contribution in [2.24, 2.45) is 0 Å². The Bertz CT molecular complexity index is 962. The van der Waals surface area contributed by atoms with E-state index < -0.39 is 6.04 Å². The van der Waals surface area contributed by atoms with Gasteiger partial charge in [-0.15, -0.1) is 0 Å². The van der Waals surface area contributed by atoms with Crippen LogP contribution in [0.3, 0.4) is 0 Å². The van der Waals surface area contributed by atoms with Crippen molar-refractivity contribution in [2.75, 3.05) is 13.2 Å². The molecule has 2 amide bonds. The highest BCUT2D eigenvalue weighted by Crippen LogP contribution is 2.16. The summed E-state index contributed by atoms with van der Waals surface area (Å²) in [5.74, 6) is 0.237. The number of amides is 2. The maximum absolute atomic E-state index is 13.4. The first-order valence-electron chi connectivity index (χ1n) is 11.0. The molecule has 1 atom stereocenters. The number of para-hydroxylation sites is 1. The van der Waals surface area contributed by atoms with Crippen LogP contribution in [0.2, 0.25) is 0 Å². The molecule has 0 radical (unpaired) electrons. The Hall–Kier alpha value is -3.60. The number of ether oxygens (including phenoxy) is 1. The monoisotopic (exact) mass is 430 g/mol. The number of carbonyl (C=O) groups is 2. The fourth-order valence-electron chi connectivity index (χ4n) is 3.44. The van der Waals surface area contributed by atoms with Gasteiger partial charge in [-0.1, -0.05) is 85.8 Å². The van der Waals surface area contributed by atoms with E-state index in [-0.39, 0.29) is 18.4 Å². The van der Waals surface area contributed by atoms with Crippen LogP contribution in [-0.4, -0.2) is 35.9 Å². The first kappa shape index (κ1) is 23.1. The second-order valence-electron chi connectivity index (χ2n) is 7.61. The van der Waals surface area contributed by atoms with Crippen molar-refractivity contribution < 1.29 is 14.3 Å². The minimum absolute atomic E-state index is 0.136. The van der Waals surface area contributed by atoms with Crippen LogP contribution in [0, 0.1) is 0 Å². The quantitative estimate of drug-likeness (QED) is 0.495. The molecule has 0 aliphatic rings. The molecular formula is C27H30N2O3. The molecule has 0 saturated heterocycles. The van der Waals surface area contributed by atoms with Crippen molar-refractivity contribution in [3.05, 3.63) is 102 Å². The molecule has 5 heteroatoms. The highest BCUT2D eigenvalue weighted by molar-refractivity contribution is 5.88. The van der Waals surface area contributed by atoms with Gasteiger partial charge in [0.1, 0.15) is 11.8 Å². The predicted molar refractivity (Wildman–Crippen MR) is 126 cm³/mol. The van der Waals surface area contributed by atoms with Crippen LogP contribution in [0.4, 0.5) is 0 Å². The van der Waals surface area contributed by atoms with Crippen LogP contribution in [-0.2, 0) is 22.6 Å². The number of rotatable bonds is 11. The number of benzene rings is 3. The number of carbonyl (C=O) groups excluding carboxylic acids is 2. The second-order valence-corrected chi connectivity index (χ2v) is 7.61. The molecule has 0 aliphatic heterocycles. The molecule has 0 saturated carbocycles. The molecule has 0 spiro atoms. The summed E-state index contributed by atoms with van der Waals surface area (Å²) in [5.41, 5.74) is 1.96. The fourth-order valence-corrected chi connectivity index (χ4v) is 3.44. The average molecular weight is 431 g/mol. The van der Waals surface area contributed by atoms with Gasteiger partial charge in [-0.3, -0.25) is 9.59 Å². The summed E-state index contributed by atoms with van der Waals surface area (Å²) >= 11 is 0. The molecule has 3 aromatic rings. The molecule has 1 N–H and O–H groups in total. The standard InChI is InChI=1S/C27H30N2O3/c1-2-18-28-27(31)25(19-22-12-6-3-7-13-22)29(20-23-14-8-4-9-15-23)26(30)21-32-24-16-10-5-11-17-24/h3-17,25H,2,18-21H2,1H3,(H,28,31). The Morgan fingerprint density at radius 1 is 0.844 bits per heavy atom. The van der Waals surface area contributed by atoms with Crippen molar-refractivity contribution in [2.45, 2.75) is 32.4 Å². The van der Waals surface area contributed by atoms with E-state index in [2.05, 4.69) is 5.32 Å². The Morgan fingerprint density at radius 2 is 1.41 bits per heavy atom. The molecule has 0 heterocycles. The fraction of sp³-hybridized carbons (Fsp3) is 0.259. The molecular weight excluding hydrogens is 400 g/mol. The zero-order valence-corrected chi connectivity index (χ0v) is 18.4. The average Bonchev–Trinajstić information content (AvgIpc) is 2.85. The molecule has 3 rings (SSSR count). The highest BCUT2D eigenvalue weighted by atomic mass is 16.5. The topological polar surface area (TPSA) is 58.6 Å². The Balaban J connectivity index is 1.86. The van der Waals surface area contributed by atoms with E-state index in [4.69, 9.17) is 4.74 Å². The number of hydrogen-bond donors (Lipinski definition) is 1. The summed E-state index contributed by atoms with van der Waals surface area (Å²) in [5, 5.41) is 2.97. The van der Waals surface area contributed by atoms with Gasteiger partial charge in [0.15, 0.2) is 6.61 Å². The summed E-state index contributed by atoms with van der Waals surface area (Å²) < 4.78 is 5.72. The summed E-state index contributed by atoms with van der Waals surface area (Å²) in [6.07, 6.45) is 1.26. The molecule has 0 aromatic heterocycles. The summed E-state index contributed by atoms with van der Waals surface area (Å²) in [6.45, 7) is 2.77. The lowest BCUT2D eigenvalue weighted by atomic mass is 10.0. The lowest BCUT2D eigenvalue weighted by molar-refractivity contribution is -0.142. The van der Waals surface area contributed by atoms with Crippen molar-refractivity contribution in [1.82, 2.24) is 10.2 Å². The molecule has 166 valence electrons. The van der Waals surface area contributed by atoms with E-state index in [9.17, 15) is 9.59 Å². The normalized spacial score (nSPS) is 11.4. The summed E-state index contributed by atoms with van der Waals surface area (Å²) in [6, 6.07) is 28.1. The molecule has 0 fully saturated rings. The van der Waals surface area contributed by atoms with Crippen LogP contribution in [0.1, 0.15) is 24.5 Å². The van der Waals surface area contributed by atoms with Crippen LogP contribution >= 0.6 is 0 Å². The molecule has 32 heavy (non-hydrogen) atoms. The lowest BCUT2D eigenvalue weighted by Crippen LogP contribution is -2.51. The Kier molecular flexibility index (Phi) is 8.87. The number of nitrogens with one attached hydrogen (secondary N) is 1. The minimum Gasteiger partial charge on any atom is -0.484 e. The molecule has 5 nitrogen and oxygen atoms in total. The number of hydrogen-bond acceptors (Lipinski definition) is 3. The van der Waals surface area contributed by atoms with Gasteiger partial charge in [0.05, 0.1) is 0 Å². The van der Waals surface area contributed by atoms with E-state index >= 15 is 0 Å². The zero-order chi connectivity index (χ0) is 22.6. The summed E-state index contributed by atoms with van der Waals surface area (Å²) in [7, 11) is 0. The van der Waals surface area contributed by atoms with Crippen LogP contribution < -0.4 is 10.1 Å². The van der Waals surface area contributed by atoms with E-state index in [1.54, 1.807) is 4.90 Å². The van der Waals surface area contributed by atoms with Crippen molar-refractivity contribution in [1.29, 1.82) is 0 Å². The largest absolute Gasteiger partial charge is 0.484 e. The molecule has 3 aromatic carbocycles. The van der Waals surface area contributed by atoms with Crippen molar-refractivity contribution in [3.63, 3.8) is 0 Å². The Labute approximate surface area is 190 Å².